The van der Waals surface area contributed by atoms with E-state index in [1.165, 1.54) is 48.5 Å². The molecule has 1 aliphatic rings. The van der Waals surface area contributed by atoms with E-state index in [4.69, 9.17) is 0 Å². The van der Waals surface area contributed by atoms with Crippen LogP contribution in [0.1, 0.15) is 16.7 Å². The highest BCUT2D eigenvalue weighted by molar-refractivity contribution is 7.95. The van der Waals surface area contributed by atoms with Gasteiger partial charge in [-0.05, 0) is 36.4 Å². The van der Waals surface area contributed by atoms with Crippen LogP contribution in [0.2, 0.25) is 0 Å². The molecule has 0 aromatic heterocycles. The minimum absolute atomic E-state index is 0.0282. The predicted molar refractivity (Wildman–Crippen MR) is 107 cm³/mol. The van der Waals surface area contributed by atoms with Gasteiger partial charge < -0.3 is 4.90 Å². The zero-order valence-electron chi connectivity index (χ0n) is 15.9. The molecule has 0 radical (unpaired) electrons. The van der Waals surface area contributed by atoms with Crippen molar-refractivity contribution in [3.63, 3.8) is 0 Å². The van der Waals surface area contributed by atoms with Crippen molar-refractivity contribution in [1.82, 2.24) is 0 Å². The molecule has 0 saturated heterocycles. The molecule has 0 amide bonds. The van der Waals surface area contributed by atoms with Gasteiger partial charge in [0.1, 0.15) is 0 Å². The smallest absolute Gasteiger partial charge is 0.309 e. The largest absolute Gasteiger partial charge is 0.416 e. The molecule has 0 fully saturated rings. The van der Waals surface area contributed by atoms with Gasteiger partial charge in [0.15, 0.2) is 0 Å². The lowest BCUT2D eigenvalue weighted by Gasteiger charge is -2.28. The molecule has 3 aromatic rings. The number of nitrogens with zero attached hydrogens (tertiary/aromatic N) is 1. The van der Waals surface area contributed by atoms with Crippen LogP contribution >= 0.6 is 0 Å². The van der Waals surface area contributed by atoms with Gasteiger partial charge in [0.05, 0.1) is 27.1 Å². The number of hydrogen-bond acceptors (Lipinski definition) is 3. The maximum atomic E-state index is 13.4. The maximum absolute atomic E-state index is 13.4. The van der Waals surface area contributed by atoms with Crippen molar-refractivity contribution < 1.29 is 34.8 Å². The Morgan fingerprint density at radius 3 is 1.75 bits per heavy atom. The van der Waals surface area contributed by atoms with Gasteiger partial charge in [0.25, 0.3) is 0 Å². The van der Waals surface area contributed by atoms with Crippen molar-refractivity contribution in [1.29, 1.82) is 0 Å². The van der Waals surface area contributed by atoms with E-state index in [1.807, 2.05) is 0 Å². The highest BCUT2D eigenvalue weighted by Crippen LogP contribution is 2.45. The first-order valence-electron chi connectivity index (χ1n) is 9.09. The molecule has 10 heteroatoms. The fourth-order valence-electron chi connectivity index (χ4n) is 3.45. The summed E-state index contributed by atoms with van der Waals surface area (Å²) in [5.41, 5.74) is -3.17. The second-order valence-electron chi connectivity index (χ2n) is 6.98. The van der Waals surface area contributed by atoms with E-state index in [2.05, 4.69) is 0 Å². The van der Waals surface area contributed by atoms with E-state index in [-0.39, 0.29) is 27.9 Å². The summed E-state index contributed by atoms with van der Waals surface area (Å²) in [6, 6.07) is 14.5. The van der Waals surface area contributed by atoms with Gasteiger partial charge in [-0.25, -0.2) is 8.42 Å². The summed E-state index contributed by atoms with van der Waals surface area (Å²) in [5, 5.41) is 0.845. The third kappa shape index (κ3) is 3.97. The molecule has 0 saturated carbocycles. The number of benzene rings is 3. The first-order valence-corrected chi connectivity index (χ1v) is 10.6. The first kappa shape index (κ1) is 21.9. The van der Waals surface area contributed by atoms with E-state index in [1.54, 1.807) is 6.07 Å². The third-order valence-electron chi connectivity index (χ3n) is 4.82. The van der Waals surface area contributed by atoms with Crippen LogP contribution in [0, 0.1) is 0 Å². The van der Waals surface area contributed by atoms with Gasteiger partial charge in [0, 0.05) is 16.9 Å². The number of halogens is 6. The Labute approximate surface area is 179 Å². The topological polar surface area (TPSA) is 37.4 Å². The normalized spacial score (nSPS) is 15.2. The number of hydrogen-bond donors (Lipinski definition) is 0. The average molecular weight is 469 g/mol. The zero-order valence-corrected chi connectivity index (χ0v) is 16.8. The molecule has 1 aliphatic heterocycles. The molecular weight excluding hydrogens is 456 g/mol. The number of sulfone groups is 1. The fourth-order valence-corrected chi connectivity index (χ4v) is 4.85. The molecule has 0 unspecified atom stereocenters. The summed E-state index contributed by atoms with van der Waals surface area (Å²) < 4.78 is 106. The quantitative estimate of drug-likeness (QED) is 0.403. The molecule has 0 atom stereocenters. The van der Waals surface area contributed by atoms with Crippen molar-refractivity contribution >= 4 is 26.9 Å². The van der Waals surface area contributed by atoms with Gasteiger partial charge >= 0.3 is 12.4 Å². The molecule has 1 heterocycles. The summed E-state index contributed by atoms with van der Waals surface area (Å²) in [4.78, 5) is 0.993. The average Bonchev–Trinajstić information content (AvgIpc) is 2.99. The summed E-state index contributed by atoms with van der Waals surface area (Å²) in [7, 11) is -3.94. The first-order chi connectivity index (χ1) is 14.9. The molecular formula is C22H13F6NO2S. The van der Waals surface area contributed by atoms with E-state index in [0.29, 0.717) is 12.1 Å². The standard InChI is InChI=1S/C22H13F6NO2S/c23-21(24,25)14-10-15(22(26,27)28)12-17(11-14)29(16-6-2-1-3-7-16)19-13-32(30,31)20-9-5-4-8-18(19)20/h1-13H. The molecule has 4 rings (SSSR count). The molecule has 0 aliphatic carbocycles. The summed E-state index contributed by atoms with van der Waals surface area (Å²) in [6.07, 6.45) is -10.1. The Morgan fingerprint density at radius 1 is 0.656 bits per heavy atom. The van der Waals surface area contributed by atoms with Crippen LogP contribution < -0.4 is 4.90 Å². The number of alkyl halides is 6. The van der Waals surface area contributed by atoms with Crippen molar-refractivity contribution in [3.05, 3.63) is 94.9 Å². The second-order valence-corrected chi connectivity index (χ2v) is 8.74. The predicted octanol–water partition coefficient (Wildman–Crippen LogP) is 6.65. The SMILES string of the molecule is O=S1(=O)C=C(N(c2ccccc2)c2cc(C(F)(F)F)cc(C(F)(F)F)c2)c2ccccc21. The van der Waals surface area contributed by atoms with Gasteiger partial charge in [-0.1, -0.05) is 36.4 Å². The molecule has 0 N–H and O–H groups in total. The van der Waals surface area contributed by atoms with Crippen LogP contribution in [0.15, 0.2) is 83.1 Å². The lowest BCUT2D eigenvalue weighted by molar-refractivity contribution is -0.143. The summed E-state index contributed by atoms with van der Waals surface area (Å²) >= 11 is 0. The van der Waals surface area contributed by atoms with Crippen molar-refractivity contribution in [2.24, 2.45) is 0 Å². The third-order valence-corrected chi connectivity index (χ3v) is 6.32. The van der Waals surface area contributed by atoms with Crippen LogP contribution in [0.25, 0.3) is 5.70 Å². The zero-order chi connectivity index (χ0) is 23.3. The number of anilines is 2. The van der Waals surface area contributed by atoms with Crippen molar-refractivity contribution in [3.8, 4) is 0 Å². The van der Waals surface area contributed by atoms with E-state index in [0.717, 1.165) is 10.3 Å². The van der Waals surface area contributed by atoms with E-state index in [9.17, 15) is 34.8 Å². The Morgan fingerprint density at radius 2 is 1.19 bits per heavy atom. The second kappa shape index (κ2) is 7.40. The Kier molecular flexibility index (Phi) is 5.08. The molecule has 3 aromatic carbocycles. The highest BCUT2D eigenvalue weighted by Gasteiger charge is 2.39. The number of para-hydroxylation sites is 1. The van der Waals surface area contributed by atoms with Crippen LogP contribution in [0.4, 0.5) is 37.7 Å². The van der Waals surface area contributed by atoms with Crippen LogP contribution in [-0.4, -0.2) is 8.42 Å². The number of rotatable bonds is 3. The van der Waals surface area contributed by atoms with Crippen LogP contribution in [0.3, 0.4) is 0 Å². The fraction of sp³-hybridized carbons (Fsp3) is 0.0909. The monoisotopic (exact) mass is 469 g/mol. The van der Waals surface area contributed by atoms with Crippen molar-refractivity contribution in [2.75, 3.05) is 4.90 Å². The molecule has 0 spiro atoms. The van der Waals surface area contributed by atoms with E-state index < -0.39 is 39.0 Å². The summed E-state index contributed by atoms with van der Waals surface area (Å²) in [5.74, 6) is 0. The Hall–Kier alpha value is -3.27. The van der Waals surface area contributed by atoms with Gasteiger partial charge in [-0.2, -0.15) is 26.3 Å². The van der Waals surface area contributed by atoms with Crippen LogP contribution in [0.5, 0.6) is 0 Å². The lowest BCUT2D eigenvalue weighted by atomic mass is 10.0. The Balaban J connectivity index is 2.03. The van der Waals surface area contributed by atoms with E-state index >= 15 is 0 Å². The van der Waals surface area contributed by atoms with Gasteiger partial charge in [0.2, 0.25) is 9.84 Å². The molecule has 166 valence electrons. The van der Waals surface area contributed by atoms with Gasteiger partial charge in [-0.3, -0.25) is 0 Å². The lowest BCUT2D eigenvalue weighted by Crippen LogP contribution is -2.18. The minimum atomic E-state index is -5.05. The summed E-state index contributed by atoms with van der Waals surface area (Å²) in [6.45, 7) is 0. The molecule has 0 bridgehead atoms. The van der Waals surface area contributed by atoms with Crippen molar-refractivity contribution in [2.45, 2.75) is 17.2 Å². The number of fused-ring (bicyclic) bond motifs is 1. The molecule has 3 nitrogen and oxygen atoms in total. The maximum Gasteiger partial charge on any atom is 0.416 e. The Bertz CT molecular complexity index is 1280. The van der Waals surface area contributed by atoms with Crippen LogP contribution in [-0.2, 0) is 22.2 Å². The molecule has 32 heavy (non-hydrogen) atoms. The van der Waals surface area contributed by atoms with Gasteiger partial charge in [-0.15, -0.1) is 0 Å². The highest BCUT2D eigenvalue weighted by atomic mass is 32.2. The minimum Gasteiger partial charge on any atom is -0.309 e.